The molecule has 0 amide bonds. The minimum atomic E-state index is -1.75. The molecular weight excluding hydrogens is 451 g/mol. The highest BCUT2D eigenvalue weighted by Gasteiger charge is 2.33. The molecule has 32 heavy (non-hydrogen) atoms. The van der Waals surface area contributed by atoms with E-state index in [1.165, 1.54) is 24.3 Å². The molecule has 2 aromatic carbocycles. The minimum absolute atomic E-state index is 0.0502. The number of ether oxygens (including phenoxy) is 1. The normalized spacial score (nSPS) is 16.1. The first-order valence-electron chi connectivity index (χ1n) is 9.46. The first-order chi connectivity index (χ1) is 15.4. The van der Waals surface area contributed by atoms with Gasteiger partial charge >= 0.3 is 0 Å². The zero-order valence-corrected chi connectivity index (χ0v) is 18.4. The number of carbonyl (C=O) groups is 1. The molecule has 3 aromatic rings. The van der Waals surface area contributed by atoms with E-state index in [2.05, 4.69) is 21.5 Å². The van der Waals surface area contributed by atoms with Crippen molar-refractivity contribution in [2.75, 3.05) is 11.8 Å². The Kier molecular flexibility index (Phi) is 6.47. The van der Waals surface area contributed by atoms with Gasteiger partial charge in [-0.2, -0.15) is 0 Å². The minimum Gasteiger partial charge on any atom is -0.588 e. The largest absolute Gasteiger partial charge is 0.588 e. The average Bonchev–Trinajstić information content (AvgIpc) is 2.79. The number of ketones is 1. The molecular formula is C24H16ClFN2O3S. The second-order valence-corrected chi connectivity index (χ2v) is 8.42. The van der Waals surface area contributed by atoms with Crippen molar-refractivity contribution in [3.05, 3.63) is 92.7 Å². The predicted octanol–water partition coefficient (Wildman–Crippen LogP) is 4.79. The molecule has 1 unspecified atom stereocenters. The van der Waals surface area contributed by atoms with Crippen molar-refractivity contribution in [2.24, 2.45) is 0 Å². The van der Waals surface area contributed by atoms with Crippen LogP contribution in [0.15, 0.2) is 59.6 Å². The van der Waals surface area contributed by atoms with Crippen LogP contribution in [0.1, 0.15) is 27.0 Å². The fraction of sp³-hybridized carbons (Fsp3) is 0.0833. The molecule has 1 aliphatic heterocycles. The Labute approximate surface area is 192 Å². The van der Waals surface area contributed by atoms with E-state index in [1.807, 2.05) is 12.1 Å². The molecule has 0 saturated carbocycles. The molecule has 1 aliphatic rings. The number of methoxy groups -OCH3 is 1. The van der Waals surface area contributed by atoms with E-state index in [1.54, 1.807) is 31.5 Å². The number of allylic oxidation sites excluding steroid dienone is 1. The number of hydrogen-bond donors (Lipinski definition) is 1. The fourth-order valence-electron chi connectivity index (χ4n) is 3.06. The number of nitrogens with zero attached hydrogens (tertiary/aromatic N) is 1. The van der Waals surface area contributed by atoms with Crippen molar-refractivity contribution in [2.45, 2.75) is 6.42 Å². The lowest BCUT2D eigenvalue weighted by molar-refractivity contribution is 0.104. The molecule has 1 aromatic heterocycles. The number of rotatable bonds is 3. The maximum absolute atomic E-state index is 13.4. The van der Waals surface area contributed by atoms with Gasteiger partial charge in [0.25, 0.3) is 0 Å². The van der Waals surface area contributed by atoms with E-state index >= 15 is 0 Å². The molecule has 4 rings (SSSR count). The van der Waals surface area contributed by atoms with Gasteiger partial charge in [-0.15, -0.1) is 0 Å². The third-order valence-corrected chi connectivity index (χ3v) is 6.06. The Hall–Kier alpha value is -3.31. The summed E-state index contributed by atoms with van der Waals surface area (Å²) in [7, 11) is 1.55. The maximum atomic E-state index is 13.4. The van der Waals surface area contributed by atoms with Gasteiger partial charge in [0.1, 0.15) is 17.2 Å². The summed E-state index contributed by atoms with van der Waals surface area (Å²) < 4.78 is 33.9. The summed E-state index contributed by atoms with van der Waals surface area (Å²) in [4.78, 5) is 17.1. The van der Waals surface area contributed by atoms with Crippen LogP contribution in [0.25, 0.3) is 6.08 Å². The van der Waals surface area contributed by atoms with Crippen LogP contribution in [-0.4, -0.2) is 22.4 Å². The first-order valence-corrected chi connectivity index (χ1v) is 11.0. The van der Waals surface area contributed by atoms with Gasteiger partial charge in [0, 0.05) is 30.3 Å². The Morgan fingerprint density at radius 2 is 2.09 bits per heavy atom. The van der Waals surface area contributed by atoms with Crippen molar-refractivity contribution < 1.29 is 18.5 Å². The van der Waals surface area contributed by atoms with Crippen LogP contribution < -0.4 is 9.46 Å². The number of nitrogens with one attached hydrogen (secondary N) is 1. The Morgan fingerprint density at radius 1 is 1.25 bits per heavy atom. The van der Waals surface area contributed by atoms with Gasteiger partial charge in [-0.25, -0.2) is 14.1 Å². The number of benzene rings is 2. The first kappa shape index (κ1) is 21.9. The molecule has 160 valence electrons. The van der Waals surface area contributed by atoms with Gasteiger partial charge < -0.3 is 9.29 Å². The van der Waals surface area contributed by atoms with Gasteiger partial charge in [0.05, 0.1) is 23.4 Å². The monoisotopic (exact) mass is 466 g/mol. The topological polar surface area (TPSA) is 74.3 Å². The number of hydrogen-bond acceptors (Lipinski definition) is 5. The number of carbonyl (C=O) groups excluding carboxylic acids is 1. The summed E-state index contributed by atoms with van der Waals surface area (Å²) >= 11 is 4.06. The maximum Gasteiger partial charge on any atom is 0.245 e. The highest BCUT2D eigenvalue weighted by atomic mass is 35.5. The molecule has 1 atom stereocenters. The average molecular weight is 467 g/mol. The van der Waals surface area contributed by atoms with Crippen LogP contribution >= 0.6 is 11.6 Å². The molecule has 8 heteroatoms. The highest BCUT2D eigenvalue weighted by molar-refractivity contribution is 7.97. The molecule has 0 spiro atoms. The summed E-state index contributed by atoms with van der Waals surface area (Å²) in [6.07, 6.45) is 3.58. The molecule has 5 nitrogen and oxygen atoms in total. The zero-order chi connectivity index (χ0) is 22.7. The van der Waals surface area contributed by atoms with Crippen molar-refractivity contribution in [3.8, 4) is 17.7 Å². The van der Waals surface area contributed by atoms with E-state index in [-0.39, 0.29) is 15.7 Å². The van der Waals surface area contributed by atoms with E-state index in [0.717, 1.165) is 5.56 Å². The summed E-state index contributed by atoms with van der Waals surface area (Å²) in [5.41, 5.74) is 2.91. The smallest absolute Gasteiger partial charge is 0.245 e. The molecule has 2 heterocycles. The molecule has 0 aliphatic carbocycles. The number of anilines is 1. The lowest BCUT2D eigenvalue weighted by Crippen LogP contribution is -2.27. The Balaban J connectivity index is 1.59. The van der Waals surface area contributed by atoms with Crippen molar-refractivity contribution >= 4 is 40.5 Å². The van der Waals surface area contributed by atoms with Crippen molar-refractivity contribution in [3.63, 3.8) is 0 Å². The van der Waals surface area contributed by atoms with Crippen molar-refractivity contribution in [1.82, 2.24) is 4.98 Å². The molecule has 0 radical (unpaired) electrons. The lowest BCUT2D eigenvalue weighted by atomic mass is 10.0. The fourth-order valence-corrected chi connectivity index (χ4v) is 4.26. The number of Topliss-reactive ketones (excluding diaryl/α,β-unsaturated/α-hetero) is 1. The molecule has 0 fully saturated rings. The second-order valence-electron chi connectivity index (χ2n) is 6.83. The standard InChI is InChI=1S/C24H16ClFN2O3S/c1-31-23-14-16(9-10-27-23)4-2-3-15-6-8-21-18(11-15)24(29)22(32(30)28-21)13-17-5-7-20(26)19(25)12-17/h5-14,28H,4H2,1H3/b22-13+. The summed E-state index contributed by atoms with van der Waals surface area (Å²) in [6, 6.07) is 12.8. The van der Waals surface area contributed by atoms with Crippen LogP contribution in [-0.2, 0) is 17.8 Å². The van der Waals surface area contributed by atoms with Crippen LogP contribution in [0.2, 0.25) is 5.02 Å². The number of fused-ring (bicyclic) bond motifs is 1. The number of halogens is 2. The second kappa shape index (κ2) is 9.45. The van der Waals surface area contributed by atoms with Crippen LogP contribution in [0, 0.1) is 17.7 Å². The summed E-state index contributed by atoms with van der Waals surface area (Å²) in [5.74, 6) is 5.68. The van der Waals surface area contributed by atoms with Gasteiger partial charge in [-0.1, -0.05) is 29.5 Å². The van der Waals surface area contributed by atoms with Crippen LogP contribution in [0.3, 0.4) is 0 Å². The van der Waals surface area contributed by atoms with E-state index in [9.17, 15) is 13.7 Å². The number of pyridine rings is 1. The Morgan fingerprint density at radius 3 is 2.88 bits per heavy atom. The quantitative estimate of drug-likeness (QED) is 0.341. The molecule has 1 N–H and O–H groups in total. The SMILES string of the molecule is COc1cc(CC#Cc2ccc3c(c2)C(=O)/C(=C\c2ccc(F)c(Cl)c2)[S+]([O-])N3)ccn1. The number of aromatic nitrogens is 1. The van der Waals surface area contributed by atoms with E-state index in [0.29, 0.717) is 34.7 Å². The van der Waals surface area contributed by atoms with Crippen LogP contribution in [0.5, 0.6) is 5.88 Å². The third-order valence-electron chi connectivity index (χ3n) is 4.67. The summed E-state index contributed by atoms with van der Waals surface area (Å²) in [6.45, 7) is 0. The van der Waals surface area contributed by atoms with Crippen LogP contribution in [0.4, 0.5) is 10.1 Å². The van der Waals surface area contributed by atoms with Gasteiger partial charge in [0.15, 0.2) is 0 Å². The van der Waals surface area contributed by atoms with Gasteiger partial charge in [-0.05, 0) is 47.5 Å². The third kappa shape index (κ3) is 4.78. The lowest BCUT2D eigenvalue weighted by Gasteiger charge is -2.21. The van der Waals surface area contributed by atoms with Gasteiger partial charge in [0.2, 0.25) is 16.6 Å². The molecule has 0 bridgehead atoms. The highest BCUT2D eigenvalue weighted by Crippen LogP contribution is 2.31. The summed E-state index contributed by atoms with van der Waals surface area (Å²) in [5, 5.41) is -0.0777. The van der Waals surface area contributed by atoms with E-state index < -0.39 is 17.2 Å². The predicted molar refractivity (Wildman–Crippen MR) is 123 cm³/mol. The van der Waals surface area contributed by atoms with E-state index in [4.69, 9.17) is 16.3 Å². The Bertz CT molecular complexity index is 1300. The zero-order valence-electron chi connectivity index (χ0n) is 16.8. The van der Waals surface area contributed by atoms with Crippen molar-refractivity contribution in [1.29, 1.82) is 0 Å². The van der Waals surface area contributed by atoms with Gasteiger partial charge in [-0.3, -0.25) is 4.79 Å². The molecule has 0 saturated heterocycles.